The summed E-state index contributed by atoms with van der Waals surface area (Å²) in [4.78, 5) is 8.11. The zero-order chi connectivity index (χ0) is 13.0. The summed E-state index contributed by atoms with van der Waals surface area (Å²) < 4.78 is 0. The van der Waals surface area contributed by atoms with Crippen LogP contribution in [0.5, 0.6) is 0 Å². The Morgan fingerprint density at radius 2 is 1.61 bits per heavy atom. The molecule has 0 atom stereocenters. The maximum atomic E-state index is 5.24. The molecule has 0 aliphatic heterocycles. The minimum Gasteiger partial charge on any atom is -0.332 e. The normalized spacial score (nSPS) is 9.89. The molecule has 5 heteroatoms. The standard InChI is InChI=1S/C13H14N4S/c1-9-5-3-6-10(2)11(9)16-13(18)17-12-14-7-4-8-15-12/h3-8H,1-2H3,(H2,14,15,16,17,18). The van der Waals surface area contributed by atoms with E-state index in [9.17, 15) is 0 Å². The Bertz CT molecular complexity index is 534. The minimum absolute atomic E-state index is 0.485. The maximum absolute atomic E-state index is 5.24. The number of rotatable bonds is 2. The number of para-hydroxylation sites is 1. The van der Waals surface area contributed by atoms with Gasteiger partial charge in [0.2, 0.25) is 5.95 Å². The van der Waals surface area contributed by atoms with Crippen molar-refractivity contribution in [3.63, 3.8) is 0 Å². The van der Waals surface area contributed by atoms with E-state index in [-0.39, 0.29) is 0 Å². The summed E-state index contributed by atoms with van der Waals surface area (Å²) in [6, 6.07) is 7.85. The van der Waals surface area contributed by atoms with Crippen LogP contribution in [0.4, 0.5) is 11.6 Å². The van der Waals surface area contributed by atoms with Crippen molar-refractivity contribution in [3.8, 4) is 0 Å². The summed E-state index contributed by atoms with van der Waals surface area (Å²) in [5.41, 5.74) is 3.31. The predicted molar refractivity (Wildman–Crippen MR) is 77.8 cm³/mol. The summed E-state index contributed by atoms with van der Waals surface area (Å²) in [6.45, 7) is 4.08. The third-order valence-corrected chi connectivity index (χ3v) is 2.71. The van der Waals surface area contributed by atoms with Crippen LogP contribution in [-0.4, -0.2) is 15.1 Å². The van der Waals surface area contributed by atoms with E-state index in [4.69, 9.17) is 12.2 Å². The summed E-state index contributed by atoms with van der Waals surface area (Å²) in [5.74, 6) is 0.487. The molecule has 1 aromatic heterocycles. The van der Waals surface area contributed by atoms with Crippen LogP contribution in [0.2, 0.25) is 0 Å². The molecule has 1 aromatic carbocycles. The van der Waals surface area contributed by atoms with E-state index in [1.165, 1.54) is 0 Å². The Labute approximate surface area is 111 Å². The van der Waals surface area contributed by atoms with E-state index < -0.39 is 0 Å². The average Bonchev–Trinajstić information content (AvgIpc) is 2.35. The Hall–Kier alpha value is -2.01. The van der Waals surface area contributed by atoms with Gasteiger partial charge in [-0.1, -0.05) is 18.2 Å². The number of hydrogen-bond acceptors (Lipinski definition) is 3. The molecule has 0 radical (unpaired) electrons. The van der Waals surface area contributed by atoms with Gasteiger partial charge in [-0.3, -0.25) is 0 Å². The number of nitrogens with one attached hydrogen (secondary N) is 2. The monoisotopic (exact) mass is 258 g/mol. The molecule has 18 heavy (non-hydrogen) atoms. The van der Waals surface area contributed by atoms with Crippen LogP contribution in [0.1, 0.15) is 11.1 Å². The van der Waals surface area contributed by atoms with Crippen molar-refractivity contribution in [2.75, 3.05) is 10.6 Å². The molecule has 4 nitrogen and oxygen atoms in total. The first-order chi connectivity index (χ1) is 8.66. The molecule has 0 aliphatic rings. The van der Waals surface area contributed by atoms with Gasteiger partial charge in [0.15, 0.2) is 5.11 Å². The smallest absolute Gasteiger partial charge is 0.228 e. The number of hydrogen-bond donors (Lipinski definition) is 2. The van der Waals surface area contributed by atoms with Crippen LogP contribution in [-0.2, 0) is 0 Å². The Balaban J connectivity index is 2.08. The van der Waals surface area contributed by atoms with E-state index in [2.05, 4.69) is 20.6 Å². The highest BCUT2D eigenvalue weighted by atomic mass is 32.1. The van der Waals surface area contributed by atoms with Gasteiger partial charge in [0, 0.05) is 18.1 Å². The molecule has 0 aliphatic carbocycles. The summed E-state index contributed by atoms with van der Waals surface area (Å²) >= 11 is 5.24. The van der Waals surface area contributed by atoms with E-state index in [0.29, 0.717) is 11.1 Å². The van der Waals surface area contributed by atoms with Gasteiger partial charge in [0.1, 0.15) is 0 Å². The van der Waals surface area contributed by atoms with Crippen molar-refractivity contribution in [2.24, 2.45) is 0 Å². The second kappa shape index (κ2) is 5.55. The van der Waals surface area contributed by atoms with Gasteiger partial charge in [0.05, 0.1) is 0 Å². The number of aromatic nitrogens is 2. The minimum atomic E-state index is 0.485. The fourth-order valence-electron chi connectivity index (χ4n) is 1.62. The third-order valence-electron chi connectivity index (χ3n) is 2.51. The second-order valence-corrected chi connectivity index (χ2v) is 4.33. The van der Waals surface area contributed by atoms with Gasteiger partial charge in [-0.05, 0) is 43.3 Å². The van der Waals surface area contributed by atoms with Crippen molar-refractivity contribution >= 4 is 29.0 Å². The lowest BCUT2D eigenvalue weighted by molar-refractivity contribution is 1.18. The zero-order valence-corrected chi connectivity index (χ0v) is 11.1. The predicted octanol–water partition coefficient (Wildman–Crippen LogP) is 2.90. The molecular formula is C13H14N4S. The van der Waals surface area contributed by atoms with E-state index in [1.807, 2.05) is 32.0 Å². The maximum Gasteiger partial charge on any atom is 0.228 e. The highest BCUT2D eigenvalue weighted by Gasteiger charge is 2.05. The topological polar surface area (TPSA) is 49.8 Å². The molecule has 0 spiro atoms. The number of aryl methyl sites for hydroxylation is 2. The van der Waals surface area contributed by atoms with Gasteiger partial charge >= 0.3 is 0 Å². The zero-order valence-electron chi connectivity index (χ0n) is 10.3. The van der Waals surface area contributed by atoms with Crippen LogP contribution in [0.3, 0.4) is 0 Å². The number of anilines is 2. The lowest BCUT2D eigenvalue weighted by Gasteiger charge is -2.13. The molecule has 0 fully saturated rings. The molecule has 0 saturated carbocycles. The quantitative estimate of drug-likeness (QED) is 0.811. The first kappa shape index (κ1) is 12.4. The molecule has 0 saturated heterocycles. The molecule has 2 N–H and O–H groups in total. The summed E-state index contributed by atoms with van der Waals surface area (Å²) in [7, 11) is 0. The van der Waals surface area contributed by atoms with E-state index >= 15 is 0 Å². The van der Waals surface area contributed by atoms with Crippen LogP contribution >= 0.6 is 12.2 Å². The van der Waals surface area contributed by atoms with Crippen molar-refractivity contribution in [1.29, 1.82) is 0 Å². The SMILES string of the molecule is Cc1cccc(C)c1NC(=S)Nc1ncccn1. The van der Waals surface area contributed by atoms with Gasteiger partial charge in [-0.2, -0.15) is 0 Å². The number of thiocarbonyl (C=S) groups is 1. The Morgan fingerprint density at radius 1 is 1.00 bits per heavy atom. The van der Waals surface area contributed by atoms with Crippen molar-refractivity contribution in [3.05, 3.63) is 47.8 Å². The van der Waals surface area contributed by atoms with Crippen LogP contribution in [0.25, 0.3) is 0 Å². The lowest BCUT2D eigenvalue weighted by atomic mass is 10.1. The molecule has 0 bridgehead atoms. The highest BCUT2D eigenvalue weighted by molar-refractivity contribution is 7.80. The van der Waals surface area contributed by atoms with Gasteiger partial charge in [-0.15, -0.1) is 0 Å². The Morgan fingerprint density at radius 3 is 2.22 bits per heavy atom. The fraction of sp³-hybridized carbons (Fsp3) is 0.154. The average molecular weight is 258 g/mol. The highest BCUT2D eigenvalue weighted by Crippen LogP contribution is 2.19. The molecule has 92 valence electrons. The molecular weight excluding hydrogens is 244 g/mol. The molecule has 1 heterocycles. The summed E-state index contributed by atoms with van der Waals surface area (Å²) in [6.07, 6.45) is 3.33. The number of benzene rings is 1. The molecule has 0 unspecified atom stereocenters. The van der Waals surface area contributed by atoms with Crippen LogP contribution in [0, 0.1) is 13.8 Å². The second-order valence-electron chi connectivity index (χ2n) is 3.92. The summed E-state index contributed by atoms with van der Waals surface area (Å²) in [5, 5.41) is 6.60. The lowest BCUT2D eigenvalue weighted by Crippen LogP contribution is -2.21. The Kier molecular flexibility index (Phi) is 3.84. The third kappa shape index (κ3) is 3.01. The van der Waals surface area contributed by atoms with Crippen molar-refractivity contribution < 1.29 is 0 Å². The van der Waals surface area contributed by atoms with Crippen LogP contribution < -0.4 is 10.6 Å². The first-order valence-corrected chi connectivity index (χ1v) is 5.99. The largest absolute Gasteiger partial charge is 0.332 e. The molecule has 2 aromatic rings. The van der Waals surface area contributed by atoms with Gasteiger partial charge < -0.3 is 10.6 Å². The fourth-order valence-corrected chi connectivity index (χ4v) is 1.81. The first-order valence-electron chi connectivity index (χ1n) is 5.58. The van der Waals surface area contributed by atoms with Crippen LogP contribution in [0.15, 0.2) is 36.7 Å². The van der Waals surface area contributed by atoms with Gasteiger partial charge in [-0.25, -0.2) is 9.97 Å². The number of nitrogens with zero attached hydrogens (tertiary/aromatic N) is 2. The van der Waals surface area contributed by atoms with E-state index in [1.54, 1.807) is 18.5 Å². The van der Waals surface area contributed by atoms with Crippen molar-refractivity contribution in [1.82, 2.24) is 9.97 Å². The molecule has 0 amide bonds. The van der Waals surface area contributed by atoms with Gasteiger partial charge in [0.25, 0.3) is 0 Å². The van der Waals surface area contributed by atoms with E-state index in [0.717, 1.165) is 16.8 Å². The van der Waals surface area contributed by atoms with Crippen molar-refractivity contribution in [2.45, 2.75) is 13.8 Å². The molecule has 2 rings (SSSR count).